The normalized spacial score (nSPS) is 12.2. The molecule has 0 aliphatic heterocycles. The smallest absolute Gasteiger partial charge is 0.263 e. The van der Waals surface area contributed by atoms with Gasteiger partial charge in [0, 0.05) is 22.8 Å². The molecule has 9 heteroatoms. The van der Waals surface area contributed by atoms with E-state index in [2.05, 4.69) is 10.0 Å². The second-order valence-corrected chi connectivity index (χ2v) is 8.89. The molecular weight excluding hydrogens is 447 g/mol. The Hall–Kier alpha value is -2.58. The van der Waals surface area contributed by atoms with E-state index < -0.39 is 22.0 Å². The molecule has 0 spiro atoms. The predicted molar refractivity (Wildman–Crippen MR) is 117 cm³/mol. The van der Waals surface area contributed by atoms with Crippen LogP contribution in [0.5, 0.6) is 0 Å². The van der Waals surface area contributed by atoms with Crippen LogP contribution < -0.4 is 10.0 Å². The van der Waals surface area contributed by atoms with Gasteiger partial charge in [-0.25, -0.2) is 8.42 Å². The summed E-state index contributed by atoms with van der Waals surface area (Å²) in [6.45, 7) is 0.0461. The monoisotopic (exact) mass is 464 g/mol. The van der Waals surface area contributed by atoms with Crippen molar-refractivity contribution in [2.75, 3.05) is 11.3 Å². The number of aliphatic hydroxyl groups excluding tert-OH is 1. The molecule has 0 aliphatic carbocycles. The summed E-state index contributed by atoms with van der Waals surface area (Å²) in [5, 5.41) is 13.1. The maximum Gasteiger partial charge on any atom is 0.263 e. The van der Waals surface area contributed by atoms with Crippen LogP contribution in [0.25, 0.3) is 0 Å². The van der Waals surface area contributed by atoms with E-state index in [0.29, 0.717) is 11.1 Å². The Labute approximate surface area is 184 Å². The second kappa shape index (κ2) is 9.49. The topological polar surface area (TPSA) is 95.5 Å². The van der Waals surface area contributed by atoms with Crippen molar-refractivity contribution in [3.05, 3.63) is 94.0 Å². The van der Waals surface area contributed by atoms with E-state index in [0.717, 1.165) is 0 Å². The van der Waals surface area contributed by atoms with E-state index in [9.17, 15) is 18.3 Å². The SMILES string of the molecule is O=C(NCC(O)c1ccccc1)c1ccc(NS(=O)(=O)c2cc(Cl)ccc2Cl)cc1. The molecule has 6 nitrogen and oxygen atoms in total. The Bertz CT molecular complexity index is 1140. The standard InChI is InChI=1S/C21H18Cl2N2O4S/c22-16-8-11-18(23)20(12-16)30(28,29)25-17-9-6-15(7-10-17)21(27)24-13-19(26)14-4-2-1-3-5-14/h1-12,19,25-26H,13H2,(H,24,27). The van der Waals surface area contributed by atoms with Crippen molar-refractivity contribution in [1.82, 2.24) is 5.32 Å². The molecule has 30 heavy (non-hydrogen) atoms. The minimum atomic E-state index is -3.95. The average molecular weight is 465 g/mol. The van der Waals surface area contributed by atoms with E-state index in [4.69, 9.17) is 23.2 Å². The number of sulfonamides is 1. The first-order valence-corrected chi connectivity index (χ1v) is 11.1. The highest BCUT2D eigenvalue weighted by Gasteiger charge is 2.19. The van der Waals surface area contributed by atoms with E-state index >= 15 is 0 Å². The molecule has 0 saturated heterocycles. The molecule has 0 aromatic heterocycles. The van der Waals surface area contributed by atoms with Crippen LogP contribution >= 0.6 is 23.2 Å². The number of halogens is 2. The van der Waals surface area contributed by atoms with E-state index in [-0.39, 0.29) is 27.2 Å². The zero-order valence-electron chi connectivity index (χ0n) is 15.5. The number of benzene rings is 3. The van der Waals surface area contributed by atoms with Crippen molar-refractivity contribution in [2.45, 2.75) is 11.0 Å². The molecule has 1 unspecified atom stereocenters. The van der Waals surface area contributed by atoms with Gasteiger partial charge in [0.05, 0.1) is 11.1 Å². The summed E-state index contributed by atoms with van der Waals surface area (Å²) < 4.78 is 27.5. The minimum absolute atomic E-state index is 0.0415. The summed E-state index contributed by atoms with van der Waals surface area (Å²) in [5.41, 5.74) is 1.27. The Balaban J connectivity index is 1.64. The maximum absolute atomic E-state index is 12.5. The third-order valence-electron chi connectivity index (χ3n) is 4.22. The van der Waals surface area contributed by atoms with Gasteiger partial charge >= 0.3 is 0 Å². The molecule has 3 aromatic carbocycles. The molecule has 3 N–H and O–H groups in total. The molecule has 0 bridgehead atoms. The van der Waals surface area contributed by atoms with Crippen molar-refractivity contribution in [2.24, 2.45) is 0 Å². The van der Waals surface area contributed by atoms with E-state index in [1.807, 2.05) is 6.07 Å². The number of hydrogen-bond donors (Lipinski definition) is 3. The van der Waals surface area contributed by atoms with Gasteiger partial charge < -0.3 is 10.4 Å². The summed E-state index contributed by atoms with van der Waals surface area (Å²) >= 11 is 11.8. The Morgan fingerprint density at radius 3 is 2.30 bits per heavy atom. The van der Waals surface area contributed by atoms with Crippen LogP contribution in [0.2, 0.25) is 10.0 Å². The summed E-state index contributed by atoms with van der Waals surface area (Å²) in [4.78, 5) is 12.1. The molecular formula is C21H18Cl2N2O4S. The number of nitrogens with one attached hydrogen (secondary N) is 2. The maximum atomic E-state index is 12.5. The van der Waals surface area contributed by atoms with Crippen LogP contribution in [0.4, 0.5) is 5.69 Å². The molecule has 1 atom stereocenters. The number of amides is 1. The highest BCUT2D eigenvalue weighted by molar-refractivity contribution is 7.92. The van der Waals surface area contributed by atoms with Crippen molar-refractivity contribution < 1.29 is 18.3 Å². The van der Waals surface area contributed by atoms with Crippen molar-refractivity contribution in [3.8, 4) is 0 Å². The quantitative estimate of drug-likeness (QED) is 0.486. The van der Waals surface area contributed by atoms with Crippen LogP contribution in [0.3, 0.4) is 0 Å². The van der Waals surface area contributed by atoms with Crippen LogP contribution in [-0.2, 0) is 10.0 Å². The third kappa shape index (κ3) is 5.52. The Morgan fingerprint density at radius 1 is 0.967 bits per heavy atom. The fourth-order valence-electron chi connectivity index (χ4n) is 2.67. The van der Waals surface area contributed by atoms with Gasteiger partial charge in [0.15, 0.2) is 0 Å². The summed E-state index contributed by atoms with van der Waals surface area (Å²) in [5.74, 6) is -0.391. The summed E-state index contributed by atoms with van der Waals surface area (Å²) in [6, 6.07) is 19.0. The van der Waals surface area contributed by atoms with Gasteiger partial charge in [-0.15, -0.1) is 0 Å². The van der Waals surface area contributed by atoms with Crippen LogP contribution in [0.15, 0.2) is 77.7 Å². The number of carbonyl (C=O) groups is 1. The molecule has 0 fully saturated rings. The third-order valence-corrected chi connectivity index (χ3v) is 6.32. The zero-order chi connectivity index (χ0) is 21.7. The summed E-state index contributed by atoms with van der Waals surface area (Å²) in [7, 11) is -3.95. The average Bonchev–Trinajstić information content (AvgIpc) is 2.74. The largest absolute Gasteiger partial charge is 0.387 e. The lowest BCUT2D eigenvalue weighted by Crippen LogP contribution is -2.28. The van der Waals surface area contributed by atoms with Crippen LogP contribution in [-0.4, -0.2) is 26.0 Å². The second-order valence-electron chi connectivity index (χ2n) is 6.39. The first kappa shape index (κ1) is 22.1. The van der Waals surface area contributed by atoms with E-state index in [1.54, 1.807) is 24.3 Å². The lowest BCUT2D eigenvalue weighted by atomic mass is 10.1. The van der Waals surface area contributed by atoms with Crippen LogP contribution in [0, 0.1) is 0 Å². The number of carbonyl (C=O) groups excluding carboxylic acids is 1. The molecule has 0 radical (unpaired) electrons. The highest BCUT2D eigenvalue weighted by Crippen LogP contribution is 2.27. The van der Waals surface area contributed by atoms with Crippen LogP contribution in [0.1, 0.15) is 22.0 Å². The molecule has 156 valence electrons. The van der Waals surface area contributed by atoms with Gasteiger partial charge in [0.2, 0.25) is 0 Å². The highest BCUT2D eigenvalue weighted by atomic mass is 35.5. The van der Waals surface area contributed by atoms with Gasteiger partial charge in [-0.3, -0.25) is 9.52 Å². The molecule has 3 rings (SSSR count). The van der Waals surface area contributed by atoms with Gasteiger partial charge in [-0.05, 0) is 48.0 Å². The number of rotatable bonds is 7. The van der Waals surface area contributed by atoms with Gasteiger partial charge in [-0.2, -0.15) is 0 Å². The van der Waals surface area contributed by atoms with E-state index in [1.165, 1.54) is 42.5 Å². The zero-order valence-corrected chi connectivity index (χ0v) is 17.9. The fourth-order valence-corrected chi connectivity index (χ4v) is 4.49. The first-order valence-electron chi connectivity index (χ1n) is 8.85. The molecule has 0 aliphatic rings. The van der Waals surface area contributed by atoms with Crippen molar-refractivity contribution in [1.29, 1.82) is 0 Å². The van der Waals surface area contributed by atoms with Crippen molar-refractivity contribution in [3.63, 3.8) is 0 Å². The summed E-state index contributed by atoms with van der Waals surface area (Å²) in [6.07, 6.45) is -0.830. The molecule has 0 heterocycles. The number of aliphatic hydroxyl groups is 1. The van der Waals surface area contributed by atoms with Gasteiger partial charge in [-0.1, -0.05) is 53.5 Å². The molecule has 0 saturated carbocycles. The predicted octanol–water partition coefficient (Wildman–Crippen LogP) is 4.26. The lowest BCUT2D eigenvalue weighted by molar-refractivity contribution is 0.0916. The Kier molecular flexibility index (Phi) is 6.99. The van der Waals surface area contributed by atoms with Gasteiger partial charge in [0.1, 0.15) is 4.90 Å². The minimum Gasteiger partial charge on any atom is -0.387 e. The lowest BCUT2D eigenvalue weighted by Gasteiger charge is -2.13. The Morgan fingerprint density at radius 2 is 1.63 bits per heavy atom. The molecule has 1 amide bonds. The van der Waals surface area contributed by atoms with Crippen molar-refractivity contribution >= 4 is 44.8 Å². The fraction of sp³-hybridized carbons (Fsp3) is 0.0952. The molecule has 3 aromatic rings. The first-order chi connectivity index (χ1) is 14.3. The van der Waals surface area contributed by atoms with Gasteiger partial charge in [0.25, 0.3) is 15.9 Å². The number of anilines is 1. The number of hydrogen-bond acceptors (Lipinski definition) is 4.